The number of hydrogen-bond donors (Lipinski definition) is 2. The molecule has 2 heterocycles. The molecule has 0 spiro atoms. The van der Waals surface area contributed by atoms with Gasteiger partial charge in [-0.15, -0.1) is 0 Å². The molecule has 0 aromatic rings. The Bertz CT molecular complexity index is 316. The van der Waals surface area contributed by atoms with Crippen LogP contribution < -0.4 is 0 Å². The van der Waals surface area contributed by atoms with Crippen LogP contribution in [-0.4, -0.2) is 93.5 Å². The van der Waals surface area contributed by atoms with E-state index in [4.69, 9.17) is 4.74 Å². The molecular weight excluding hydrogens is 246 g/mol. The van der Waals surface area contributed by atoms with Crippen LogP contribution in [0.2, 0.25) is 0 Å². The zero-order valence-electron chi connectivity index (χ0n) is 10.7. The normalized spacial score (nSPS) is 42.5. The summed E-state index contributed by atoms with van der Waals surface area (Å²) in [5.41, 5.74) is -2.64. The summed E-state index contributed by atoms with van der Waals surface area (Å²) in [4.78, 5) is 22.6. The minimum Gasteiger partial charge on any atom is -0.481 e. The van der Waals surface area contributed by atoms with Gasteiger partial charge in [0.05, 0.1) is 12.2 Å². The van der Waals surface area contributed by atoms with Gasteiger partial charge in [0.2, 0.25) is 0 Å². The molecule has 2 fully saturated rings. The van der Waals surface area contributed by atoms with Crippen LogP contribution in [0.25, 0.3) is 0 Å². The van der Waals surface area contributed by atoms with Crippen molar-refractivity contribution in [3.8, 4) is 0 Å². The SMILES string of the molecule is C[C@]1(C(=O)O)[C@@H]2CC[C@@H](O2)[C@@]1(C)C(=O)O.[Na].[Na]. The molecule has 0 saturated carbocycles. The Kier molecular flexibility index (Phi) is 5.78. The summed E-state index contributed by atoms with van der Waals surface area (Å²) in [6.07, 6.45) is 0.328. The predicted molar refractivity (Wildman–Crippen MR) is 60.9 cm³/mol. The van der Waals surface area contributed by atoms with Gasteiger partial charge >= 0.3 is 11.9 Å². The first-order chi connectivity index (χ1) is 6.85. The fourth-order valence-electron chi connectivity index (χ4n) is 2.88. The van der Waals surface area contributed by atoms with E-state index in [9.17, 15) is 19.8 Å². The Balaban J connectivity index is 0.00000128. The minimum absolute atomic E-state index is 0. The predicted octanol–water partition coefficient (Wildman–Crippen LogP) is -0.0322. The molecule has 4 atom stereocenters. The third-order valence-electron chi connectivity index (χ3n) is 4.27. The van der Waals surface area contributed by atoms with Crippen LogP contribution in [-0.2, 0) is 14.3 Å². The zero-order chi connectivity index (χ0) is 11.4. The molecule has 2 N–H and O–H groups in total. The van der Waals surface area contributed by atoms with Crippen molar-refractivity contribution < 1.29 is 24.5 Å². The summed E-state index contributed by atoms with van der Waals surface area (Å²) in [6.45, 7) is 2.96. The molecule has 2 aliphatic rings. The Labute approximate surface area is 144 Å². The van der Waals surface area contributed by atoms with Gasteiger partial charge in [-0.25, -0.2) is 0 Å². The molecule has 7 heteroatoms. The van der Waals surface area contributed by atoms with E-state index in [1.165, 1.54) is 13.8 Å². The molecule has 5 nitrogen and oxygen atoms in total. The van der Waals surface area contributed by atoms with Crippen molar-refractivity contribution in [3.63, 3.8) is 0 Å². The number of carbonyl (C=O) groups is 2. The fourth-order valence-corrected chi connectivity index (χ4v) is 2.88. The third kappa shape index (κ3) is 2.04. The first kappa shape index (κ1) is 17.9. The number of carboxylic acid groups (broad SMARTS) is 2. The average Bonchev–Trinajstić information content (AvgIpc) is 2.69. The summed E-state index contributed by atoms with van der Waals surface area (Å²) >= 11 is 0. The molecule has 2 bridgehead atoms. The molecule has 0 unspecified atom stereocenters. The maximum Gasteiger partial charge on any atom is 0.313 e. The van der Waals surface area contributed by atoms with E-state index in [0.29, 0.717) is 12.8 Å². The van der Waals surface area contributed by atoms with E-state index in [0.717, 1.165) is 0 Å². The van der Waals surface area contributed by atoms with Crippen molar-refractivity contribution in [1.29, 1.82) is 0 Å². The largest absolute Gasteiger partial charge is 0.481 e. The first-order valence-corrected chi connectivity index (χ1v) is 4.97. The van der Waals surface area contributed by atoms with E-state index in [2.05, 4.69) is 0 Å². The number of fused-ring (bicyclic) bond motifs is 2. The topological polar surface area (TPSA) is 83.8 Å². The van der Waals surface area contributed by atoms with Crippen LogP contribution in [0.1, 0.15) is 26.7 Å². The summed E-state index contributed by atoms with van der Waals surface area (Å²) in [5, 5.41) is 18.5. The van der Waals surface area contributed by atoms with E-state index in [1.54, 1.807) is 0 Å². The maximum absolute atomic E-state index is 11.3. The zero-order valence-corrected chi connectivity index (χ0v) is 14.7. The minimum atomic E-state index is -1.32. The van der Waals surface area contributed by atoms with Crippen molar-refractivity contribution in [2.24, 2.45) is 10.8 Å². The van der Waals surface area contributed by atoms with Crippen LogP contribution in [0, 0.1) is 10.8 Å². The van der Waals surface area contributed by atoms with E-state index in [-0.39, 0.29) is 59.1 Å². The fraction of sp³-hybridized carbons (Fsp3) is 0.800. The van der Waals surface area contributed by atoms with Gasteiger partial charge in [0.25, 0.3) is 0 Å². The Morgan fingerprint density at radius 2 is 1.29 bits per heavy atom. The maximum atomic E-state index is 11.3. The van der Waals surface area contributed by atoms with Gasteiger partial charge in [0.1, 0.15) is 10.8 Å². The second kappa shape index (κ2) is 5.49. The Morgan fingerprint density at radius 3 is 1.53 bits per heavy atom. The van der Waals surface area contributed by atoms with Gasteiger partial charge in [0, 0.05) is 59.1 Å². The summed E-state index contributed by atoms with van der Waals surface area (Å²) in [6, 6.07) is 0. The van der Waals surface area contributed by atoms with Crippen LogP contribution in [0.15, 0.2) is 0 Å². The van der Waals surface area contributed by atoms with Crippen LogP contribution in [0.4, 0.5) is 0 Å². The van der Waals surface area contributed by atoms with Gasteiger partial charge in [-0.1, -0.05) is 0 Å². The van der Waals surface area contributed by atoms with Crippen LogP contribution >= 0.6 is 0 Å². The van der Waals surface area contributed by atoms with Gasteiger partial charge in [-0.2, -0.15) is 0 Å². The van der Waals surface area contributed by atoms with Crippen molar-refractivity contribution in [2.75, 3.05) is 0 Å². The standard InChI is InChI=1S/C10H14O5.2Na/c1-9(7(11)12)5-3-4-6(15-5)10(9,2)8(13)14;;/h5-6H,3-4H2,1-2H3,(H,11,12)(H,13,14);;/t5-,6+,9+,10-;;. The molecule has 17 heavy (non-hydrogen) atoms. The molecule has 2 rings (SSSR count). The monoisotopic (exact) mass is 260 g/mol. The van der Waals surface area contributed by atoms with Gasteiger partial charge in [-0.05, 0) is 26.7 Å². The van der Waals surface area contributed by atoms with Crippen LogP contribution in [0.5, 0.6) is 0 Å². The van der Waals surface area contributed by atoms with Crippen molar-refractivity contribution in [1.82, 2.24) is 0 Å². The molecule has 0 amide bonds. The molecule has 2 aliphatic heterocycles. The summed E-state index contributed by atoms with van der Waals surface area (Å²) in [7, 11) is 0. The summed E-state index contributed by atoms with van der Waals surface area (Å²) in [5.74, 6) is -2.17. The van der Waals surface area contributed by atoms with E-state index in [1.807, 2.05) is 0 Å². The van der Waals surface area contributed by atoms with Gasteiger partial charge in [-0.3, -0.25) is 9.59 Å². The Morgan fingerprint density at radius 1 is 1.00 bits per heavy atom. The van der Waals surface area contributed by atoms with Crippen molar-refractivity contribution in [2.45, 2.75) is 38.9 Å². The smallest absolute Gasteiger partial charge is 0.313 e. The molecule has 0 aliphatic carbocycles. The third-order valence-corrected chi connectivity index (χ3v) is 4.27. The first-order valence-electron chi connectivity index (χ1n) is 4.97. The quantitative estimate of drug-likeness (QED) is 0.681. The molecule has 0 aromatic carbocycles. The average molecular weight is 260 g/mol. The van der Waals surface area contributed by atoms with Crippen molar-refractivity contribution >= 4 is 71.1 Å². The van der Waals surface area contributed by atoms with Crippen LogP contribution in [0.3, 0.4) is 0 Å². The second-order valence-electron chi connectivity index (χ2n) is 4.71. The number of rotatable bonds is 2. The van der Waals surface area contributed by atoms with Gasteiger partial charge in [0.15, 0.2) is 0 Å². The number of aliphatic carboxylic acids is 2. The van der Waals surface area contributed by atoms with Crippen molar-refractivity contribution in [3.05, 3.63) is 0 Å². The molecule has 2 saturated heterocycles. The second-order valence-corrected chi connectivity index (χ2v) is 4.71. The van der Waals surface area contributed by atoms with Gasteiger partial charge < -0.3 is 14.9 Å². The summed E-state index contributed by atoms with van der Waals surface area (Å²) < 4.78 is 5.46. The molecule has 0 aromatic heterocycles. The number of ether oxygens (including phenoxy) is 1. The molecule has 86 valence electrons. The number of hydrogen-bond acceptors (Lipinski definition) is 3. The molecular formula is C10H14Na2O5. The Hall–Kier alpha value is 0.900. The molecule has 2 radical (unpaired) electrons. The van der Waals surface area contributed by atoms with E-state index < -0.39 is 35.0 Å². The number of carboxylic acids is 2. The van der Waals surface area contributed by atoms with E-state index >= 15 is 0 Å².